The number of pyridine rings is 1. The Morgan fingerprint density at radius 3 is 2.84 bits per heavy atom. The van der Waals surface area contributed by atoms with E-state index >= 15 is 0 Å². The fraction of sp³-hybridized carbons (Fsp3) is 0.500. The Bertz CT molecular complexity index is 797. The summed E-state index contributed by atoms with van der Waals surface area (Å²) in [6, 6.07) is 12.9. The summed E-state index contributed by atoms with van der Waals surface area (Å²) in [6.45, 7) is 6.66. The number of aryl methyl sites for hydroxylation is 2. The zero-order valence-electron chi connectivity index (χ0n) is 15.4. The van der Waals surface area contributed by atoms with E-state index in [1.807, 2.05) is 6.20 Å². The number of fused-ring (bicyclic) bond motifs is 7. The zero-order valence-corrected chi connectivity index (χ0v) is 15.4. The van der Waals surface area contributed by atoms with Crippen LogP contribution in [0, 0.1) is 19.8 Å². The van der Waals surface area contributed by atoms with E-state index in [9.17, 15) is 0 Å². The normalized spacial score (nSPS) is 30.0. The summed E-state index contributed by atoms with van der Waals surface area (Å²) in [4.78, 5) is 9.81. The van der Waals surface area contributed by atoms with Crippen LogP contribution in [0.3, 0.4) is 0 Å². The topological polar surface area (TPSA) is 19.4 Å². The lowest BCUT2D eigenvalue weighted by atomic mass is 9.89. The summed E-state index contributed by atoms with van der Waals surface area (Å²) in [7, 11) is 2.32. The van der Waals surface area contributed by atoms with Crippen LogP contribution in [0.4, 0.5) is 5.69 Å². The molecule has 2 fully saturated rings. The average molecular weight is 333 g/mol. The minimum atomic E-state index is 0.704. The lowest BCUT2D eigenvalue weighted by molar-refractivity contribution is 0.218. The van der Waals surface area contributed by atoms with Gasteiger partial charge in [0.05, 0.1) is 0 Å². The average Bonchev–Trinajstić information content (AvgIpc) is 3.23. The first-order chi connectivity index (χ1) is 12.1. The summed E-state index contributed by atoms with van der Waals surface area (Å²) < 4.78 is 0. The van der Waals surface area contributed by atoms with Crippen LogP contribution in [-0.4, -0.2) is 42.1 Å². The number of aromatic nitrogens is 1. The molecule has 5 rings (SSSR count). The second kappa shape index (κ2) is 5.57. The zero-order chi connectivity index (χ0) is 17.1. The van der Waals surface area contributed by atoms with Gasteiger partial charge in [0, 0.05) is 48.7 Å². The van der Waals surface area contributed by atoms with Crippen molar-refractivity contribution in [2.75, 3.05) is 25.0 Å². The number of rotatable bonds is 3. The fourth-order valence-corrected chi connectivity index (χ4v) is 5.63. The molecular weight excluding hydrogens is 306 g/mol. The van der Waals surface area contributed by atoms with Gasteiger partial charge in [0.1, 0.15) is 0 Å². The fourth-order valence-electron chi connectivity index (χ4n) is 5.63. The van der Waals surface area contributed by atoms with Crippen LogP contribution < -0.4 is 4.90 Å². The molecule has 2 bridgehead atoms. The molecule has 0 spiro atoms. The van der Waals surface area contributed by atoms with Crippen LogP contribution in [0.1, 0.15) is 34.7 Å². The maximum Gasteiger partial charge on any atom is 0.0415 e. The van der Waals surface area contributed by atoms with Gasteiger partial charge in [-0.3, -0.25) is 4.98 Å². The number of likely N-dealkylation sites (N-methyl/N-ethyl adjacent to an activating group) is 1. The van der Waals surface area contributed by atoms with E-state index < -0.39 is 0 Å². The lowest BCUT2D eigenvalue weighted by Crippen LogP contribution is -2.46. The first kappa shape index (κ1) is 15.4. The van der Waals surface area contributed by atoms with Crippen LogP contribution in [-0.2, 0) is 6.42 Å². The first-order valence-corrected chi connectivity index (χ1v) is 9.61. The molecule has 1 aromatic carbocycles. The number of likely N-dealkylation sites (tertiary alicyclic amines) is 1. The maximum atomic E-state index is 4.47. The smallest absolute Gasteiger partial charge is 0.0415 e. The highest BCUT2D eigenvalue weighted by molar-refractivity contribution is 5.65. The number of piperidine rings is 1. The molecule has 2 aliphatic heterocycles. The van der Waals surface area contributed by atoms with Gasteiger partial charge in [-0.1, -0.05) is 23.8 Å². The monoisotopic (exact) mass is 333 g/mol. The van der Waals surface area contributed by atoms with Crippen LogP contribution in [0.2, 0.25) is 0 Å². The van der Waals surface area contributed by atoms with Gasteiger partial charge in [0.15, 0.2) is 0 Å². The first-order valence-electron chi connectivity index (χ1n) is 9.61. The van der Waals surface area contributed by atoms with Gasteiger partial charge in [0.2, 0.25) is 0 Å². The number of benzene rings is 1. The largest absolute Gasteiger partial charge is 0.367 e. The lowest BCUT2D eigenvalue weighted by Gasteiger charge is -2.37. The van der Waals surface area contributed by atoms with Gasteiger partial charge < -0.3 is 9.80 Å². The summed E-state index contributed by atoms with van der Waals surface area (Å²) in [6.07, 6.45) is 4.51. The molecular formula is C22H27N3. The maximum absolute atomic E-state index is 4.47. The predicted molar refractivity (Wildman–Crippen MR) is 102 cm³/mol. The molecule has 3 nitrogen and oxygen atoms in total. The van der Waals surface area contributed by atoms with Crippen LogP contribution in [0.5, 0.6) is 0 Å². The predicted octanol–water partition coefficient (Wildman–Crippen LogP) is 3.55. The molecule has 1 saturated heterocycles. The Labute approximate surface area is 150 Å². The second-order valence-electron chi connectivity index (χ2n) is 8.33. The Kier molecular flexibility index (Phi) is 3.43. The van der Waals surface area contributed by atoms with Gasteiger partial charge in [-0.05, 0) is 62.9 Å². The van der Waals surface area contributed by atoms with E-state index in [4.69, 9.17) is 0 Å². The molecule has 1 aliphatic carbocycles. The van der Waals surface area contributed by atoms with E-state index in [0.717, 1.165) is 30.6 Å². The van der Waals surface area contributed by atoms with E-state index in [2.05, 4.69) is 66.0 Å². The highest BCUT2D eigenvalue weighted by Gasteiger charge is 2.56. The Morgan fingerprint density at radius 2 is 2.04 bits per heavy atom. The summed E-state index contributed by atoms with van der Waals surface area (Å²) >= 11 is 0. The van der Waals surface area contributed by atoms with Crippen LogP contribution >= 0.6 is 0 Å². The molecule has 2 aromatic rings. The van der Waals surface area contributed by atoms with Gasteiger partial charge in [0.25, 0.3) is 0 Å². The Morgan fingerprint density at radius 1 is 1.16 bits per heavy atom. The third-order valence-electron chi connectivity index (χ3n) is 6.72. The molecule has 0 unspecified atom stereocenters. The van der Waals surface area contributed by atoms with Gasteiger partial charge in [-0.25, -0.2) is 0 Å². The molecule has 1 saturated carbocycles. The third-order valence-corrected chi connectivity index (χ3v) is 6.72. The number of hydrogen-bond acceptors (Lipinski definition) is 3. The van der Waals surface area contributed by atoms with Crippen molar-refractivity contribution >= 4 is 5.69 Å². The minimum absolute atomic E-state index is 0.704. The molecule has 4 atom stereocenters. The van der Waals surface area contributed by atoms with Crippen LogP contribution in [0.15, 0.2) is 36.5 Å². The van der Waals surface area contributed by atoms with Gasteiger partial charge in [-0.2, -0.15) is 0 Å². The molecule has 3 heterocycles. The van der Waals surface area contributed by atoms with Crippen molar-refractivity contribution in [1.82, 2.24) is 9.88 Å². The number of anilines is 1. The van der Waals surface area contributed by atoms with Crippen molar-refractivity contribution in [2.45, 2.75) is 44.7 Å². The van der Waals surface area contributed by atoms with Crippen molar-refractivity contribution < 1.29 is 0 Å². The number of nitrogens with zero attached hydrogens (tertiary/aromatic N) is 3. The van der Waals surface area contributed by atoms with E-state index in [-0.39, 0.29) is 0 Å². The highest BCUT2D eigenvalue weighted by atomic mass is 15.3. The van der Waals surface area contributed by atoms with Crippen molar-refractivity contribution in [3.8, 4) is 0 Å². The van der Waals surface area contributed by atoms with E-state index in [1.165, 1.54) is 29.8 Å². The molecule has 130 valence electrons. The molecule has 3 heteroatoms. The van der Waals surface area contributed by atoms with Crippen LogP contribution in [0.25, 0.3) is 0 Å². The molecule has 0 amide bonds. The Hall–Kier alpha value is -1.87. The van der Waals surface area contributed by atoms with Crippen molar-refractivity contribution in [3.05, 3.63) is 58.9 Å². The van der Waals surface area contributed by atoms with E-state index in [1.54, 1.807) is 5.56 Å². The standard InChI is InChI=1S/C22H27N3/c1-14-4-7-19-18(10-14)21-20-11-17(13-24(20)3)22(21)25(19)9-8-16-6-5-15(2)23-12-16/h4-7,10,12,17,20-22H,8-9,11,13H2,1-3H3/t17-,20-,21+,22-/m1/s1. The summed E-state index contributed by atoms with van der Waals surface area (Å²) in [5.41, 5.74) is 6.94. The van der Waals surface area contributed by atoms with E-state index in [0.29, 0.717) is 12.0 Å². The molecule has 25 heavy (non-hydrogen) atoms. The van der Waals surface area contributed by atoms with Gasteiger partial charge in [-0.15, -0.1) is 0 Å². The quantitative estimate of drug-likeness (QED) is 0.856. The summed E-state index contributed by atoms with van der Waals surface area (Å²) in [5.74, 6) is 1.53. The highest BCUT2D eigenvalue weighted by Crippen LogP contribution is 2.56. The Balaban J connectivity index is 1.46. The van der Waals surface area contributed by atoms with Gasteiger partial charge >= 0.3 is 0 Å². The van der Waals surface area contributed by atoms with Crippen molar-refractivity contribution in [2.24, 2.45) is 5.92 Å². The second-order valence-corrected chi connectivity index (χ2v) is 8.33. The number of hydrogen-bond donors (Lipinski definition) is 0. The minimum Gasteiger partial charge on any atom is -0.367 e. The summed E-state index contributed by atoms with van der Waals surface area (Å²) in [5, 5.41) is 0. The molecule has 0 N–H and O–H groups in total. The molecule has 1 aromatic heterocycles. The third kappa shape index (κ3) is 2.32. The SMILES string of the molecule is Cc1ccc2c(c1)[C@@H]1[C@@H]([C@@H]3C[C@H]1N(C)C3)N2CCc1ccc(C)nc1. The van der Waals surface area contributed by atoms with Crippen molar-refractivity contribution in [1.29, 1.82) is 0 Å². The van der Waals surface area contributed by atoms with Crippen molar-refractivity contribution in [3.63, 3.8) is 0 Å². The molecule has 0 radical (unpaired) electrons. The molecule has 3 aliphatic rings.